The quantitative estimate of drug-likeness (QED) is 0.498. The molecule has 0 radical (unpaired) electrons. The van der Waals surface area contributed by atoms with Gasteiger partial charge in [0.25, 0.3) is 5.56 Å². The molecule has 6 heteroatoms. The molecule has 5 rings (SSSR count). The Balaban J connectivity index is 1.37. The number of aryl methyl sites for hydroxylation is 1. The van der Waals surface area contributed by atoms with Crippen LogP contribution in [0.2, 0.25) is 0 Å². The van der Waals surface area contributed by atoms with E-state index < -0.39 is 0 Å². The first kappa shape index (κ1) is 20.0. The lowest BCUT2D eigenvalue weighted by atomic mass is 9.93. The molecule has 0 saturated heterocycles. The van der Waals surface area contributed by atoms with Gasteiger partial charge in [0, 0.05) is 17.5 Å². The number of rotatable bonds is 6. The van der Waals surface area contributed by atoms with Gasteiger partial charge in [0.2, 0.25) is 0 Å². The number of nitrogens with zero attached hydrogens (tertiary/aromatic N) is 2. The van der Waals surface area contributed by atoms with Gasteiger partial charge in [-0.1, -0.05) is 42.5 Å². The molecule has 31 heavy (non-hydrogen) atoms. The summed E-state index contributed by atoms with van der Waals surface area (Å²) in [5.41, 5.74) is 3.58. The fourth-order valence-electron chi connectivity index (χ4n) is 4.31. The van der Waals surface area contributed by atoms with E-state index in [0.717, 1.165) is 47.3 Å². The van der Waals surface area contributed by atoms with Gasteiger partial charge in [-0.25, -0.2) is 4.98 Å². The standard InChI is InChI=1S/C25H25N3O2S/c1-30-20-9-5-8-18(12-20)15-28-16-27-24-23(25(28)29)21-11-10-19(13-22(21)31-24)26-14-17-6-3-2-4-7-17/h2-9,12,16,19,26H,10-11,13-15H2,1H3. The van der Waals surface area contributed by atoms with E-state index in [0.29, 0.717) is 12.6 Å². The lowest BCUT2D eigenvalue weighted by Gasteiger charge is -2.23. The summed E-state index contributed by atoms with van der Waals surface area (Å²) in [6, 6.07) is 18.7. The van der Waals surface area contributed by atoms with Crippen LogP contribution in [0.1, 0.15) is 28.0 Å². The fraction of sp³-hybridized carbons (Fsp3) is 0.280. The molecule has 1 aliphatic carbocycles. The second-order valence-electron chi connectivity index (χ2n) is 8.02. The number of methoxy groups -OCH3 is 1. The molecule has 158 valence electrons. The average molecular weight is 432 g/mol. The van der Waals surface area contributed by atoms with Crippen molar-refractivity contribution in [3.05, 3.63) is 92.8 Å². The number of ether oxygens (including phenoxy) is 1. The summed E-state index contributed by atoms with van der Waals surface area (Å²) in [6.07, 6.45) is 4.59. The number of thiophene rings is 1. The summed E-state index contributed by atoms with van der Waals surface area (Å²) < 4.78 is 7.02. The largest absolute Gasteiger partial charge is 0.497 e. The minimum Gasteiger partial charge on any atom is -0.497 e. The van der Waals surface area contributed by atoms with E-state index in [1.165, 1.54) is 16.0 Å². The Morgan fingerprint density at radius 1 is 1.16 bits per heavy atom. The van der Waals surface area contributed by atoms with Crippen LogP contribution in [0.4, 0.5) is 0 Å². The number of fused-ring (bicyclic) bond motifs is 3. The summed E-state index contributed by atoms with van der Waals surface area (Å²) in [7, 11) is 1.65. The number of aromatic nitrogens is 2. The van der Waals surface area contributed by atoms with Crippen molar-refractivity contribution in [3.63, 3.8) is 0 Å². The number of hydrogen-bond donors (Lipinski definition) is 1. The third-order valence-electron chi connectivity index (χ3n) is 5.96. The molecule has 1 unspecified atom stereocenters. The Bertz CT molecular complexity index is 1260. The van der Waals surface area contributed by atoms with Crippen molar-refractivity contribution in [2.24, 2.45) is 0 Å². The number of benzene rings is 2. The molecular formula is C25H25N3O2S. The van der Waals surface area contributed by atoms with Gasteiger partial charge in [-0.05, 0) is 48.1 Å². The number of nitrogens with one attached hydrogen (secondary N) is 1. The molecule has 0 saturated carbocycles. The zero-order chi connectivity index (χ0) is 21.2. The fourth-order valence-corrected chi connectivity index (χ4v) is 5.57. The van der Waals surface area contributed by atoms with Crippen molar-refractivity contribution in [3.8, 4) is 5.75 Å². The summed E-state index contributed by atoms with van der Waals surface area (Å²) in [5, 5.41) is 4.50. The first-order valence-electron chi connectivity index (χ1n) is 10.6. The zero-order valence-corrected chi connectivity index (χ0v) is 18.3. The van der Waals surface area contributed by atoms with Crippen LogP contribution in [0, 0.1) is 0 Å². The van der Waals surface area contributed by atoms with Crippen molar-refractivity contribution in [1.29, 1.82) is 0 Å². The highest BCUT2D eigenvalue weighted by Crippen LogP contribution is 2.33. The Labute approximate surface area is 185 Å². The summed E-state index contributed by atoms with van der Waals surface area (Å²) in [5.74, 6) is 0.793. The van der Waals surface area contributed by atoms with E-state index in [-0.39, 0.29) is 5.56 Å². The van der Waals surface area contributed by atoms with E-state index in [4.69, 9.17) is 4.74 Å². The predicted molar refractivity (Wildman–Crippen MR) is 125 cm³/mol. The van der Waals surface area contributed by atoms with Crippen molar-refractivity contribution in [2.75, 3.05) is 7.11 Å². The van der Waals surface area contributed by atoms with Crippen LogP contribution in [-0.4, -0.2) is 22.7 Å². The van der Waals surface area contributed by atoms with E-state index >= 15 is 0 Å². The van der Waals surface area contributed by atoms with Crippen LogP contribution in [-0.2, 0) is 25.9 Å². The maximum absolute atomic E-state index is 13.3. The second kappa shape index (κ2) is 8.65. The van der Waals surface area contributed by atoms with Gasteiger partial charge < -0.3 is 10.1 Å². The third kappa shape index (κ3) is 4.13. The third-order valence-corrected chi connectivity index (χ3v) is 7.12. The van der Waals surface area contributed by atoms with Crippen molar-refractivity contribution in [1.82, 2.24) is 14.9 Å². The Hall–Kier alpha value is -2.96. The normalized spacial score (nSPS) is 15.7. The minimum absolute atomic E-state index is 0.0565. The van der Waals surface area contributed by atoms with Crippen molar-refractivity contribution >= 4 is 21.6 Å². The monoisotopic (exact) mass is 431 g/mol. The van der Waals surface area contributed by atoms with Gasteiger partial charge in [-0.2, -0.15) is 0 Å². The molecule has 0 bridgehead atoms. The van der Waals surface area contributed by atoms with Gasteiger partial charge in [0.05, 0.1) is 25.4 Å². The smallest absolute Gasteiger partial charge is 0.262 e. The molecule has 0 aliphatic heterocycles. The zero-order valence-electron chi connectivity index (χ0n) is 17.5. The summed E-state index contributed by atoms with van der Waals surface area (Å²) >= 11 is 1.68. The molecule has 0 amide bonds. The highest BCUT2D eigenvalue weighted by molar-refractivity contribution is 7.18. The van der Waals surface area contributed by atoms with Crippen LogP contribution in [0.15, 0.2) is 65.7 Å². The maximum atomic E-state index is 13.3. The second-order valence-corrected chi connectivity index (χ2v) is 9.10. The molecule has 2 heterocycles. The lowest BCUT2D eigenvalue weighted by molar-refractivity contribution is 0.414. The highest BCUT2D eigenvalue weighted by Gasteiger charge is 2.25. The molecule has 0 spiro atoms. The van der Waals surface area contributed by atoms with Crippen LogP contribution in [0.5, 0.6) is 5.75 Å². The number of hydrogen-bond acceptors (Lipinski definition) is 5. The van der Waals surface area contributed by atoms with Gasteiger partial charge >= 0.3 is 0 Å². The van der Waals surface area contributed by atoms with Gasteiger partial charge in [-0.3, -0.25) is 9.36 Å². The SMILES string of the molecule is COc1cccc(Cn2cnc3sc4c(c3c2=O)CCC(NCc2ccccc2)C4)c1. The molecule has 1 N–H and O–H groups in total. The van der Waals surface area contributed by atoms with E-state index in [1.54, 1.807) is 29.3 Å². The Kier molecular flexibility index (Phi) is 5.57. The molecule has 2 aromatic carbocycles. The first-order chi connectivity index (χ1) is 15.2. The van der Waals surface area contributed by atoms with E-state index in [9.17, 15) is 4.79 Å². The lowest BCUT2D eigenvalue weighted by Crippen LogP contribution is -2.33. The minimum atomic E-state index is 0.0565. The molecule has 5 nitrogen and oxygen atoms in total. The van der Waals surface area contributed by atoms with Gasteiger partial charge in [-0.15, -0.1) is 11.3 Å². The van der Waals surface area contributed by atoms with Crippen LogP contribution >= 0.6 is 11.3 Å². The summed E-state index contributed by atoms with van der Waals surface area (Å²) in [4.78, 5) is 20.1. The molecule has 2 aromatic heterocycles. The summed E-state index contributed by atoms with van der Waals surface area (Å²) in [6.45, 7) is 1.36. The average Bonchev–Trinajstić information content (AvgIpc) is 3.19. The van der Waals surface area contributed by atoms with Crippen molar-refractivity contribution in [2.45, 2.75) is 38.4 Å². The van der Waals surface area contributed by atoms with Crippen molar-refractivity contribution < 1.29 is 4.74 Å². The molecule has 1 aliphatic rings. The Morgan fingerprint density at radius 3 is 2.84 bits per heavy atom. The highest BCUT2D eigenvalue weighted by atomic mass is 32.1. The molecule has 4 aromatic rings. The maximum Gasteiger partial charge on any atom is 0.262 e. The molecule has 0 fully saturated rings. The van der Waals surface area contributed by atoms with Crippen LogP contribution in [0.3, 0.4) is 0 Å². The predicted octanol–water partition coefficient (Wildman–Crippen LogP) is 4.16. The van der Waals surface area contributed by atoms with Gasteiger partial charge in [0.1, 0.15) is 10.6 Å². The van der Waals surface area contributed by atoms with Crippen LogP contribution in [0.25, 0.3) is 10.2 Å². The molecular weight excluding hydrogens is 406 g/mol. The molecule has 1 atom stereocenters. The first-order valence-corrected chi connectivity index (χ1v) is 11.4. The van der Waals surface area contributed by atoms with Gasteiger partial charge in [0.15, 0.2) is 0 Å². The topological polar surface area (TPSA) is 56.2 Å². The van der Waals surface area contributed by atoms with Crippen LogP contribution < -0.4 is 15.6 Å². The van der Waals surface area contributed by atoms with E-state index in [2.05, 4.69) is 34.6 Å². The van der Waals surface area contributed by atoms with E-state index in [1.807, 2.05) is 30.3 Å². The Morgan fingerprint density at radius 2 is 2.00 bits per heavy atom.